The maximum absolute atomic E-state index is 11.1. The molecule has 0 aliphatic carbocycles. The Kier molecular flexibility index (Phi) is 4.56. The van der Waals surface area contributed by atoms with Gasteiger partial charge in [0, 0.05) is 6.42 Å². The molecule has 0 saturated carbocycles. The van der Waals surface area contributed by atoms with Gasteiger partial charge in [0.25, 0.3) is 0 Å². The van der Waals surface area contributed by atoms with E-state index in [4.69, 9.17) is 9.84 Å². The van der Waals surface area contributed by atoms with Crippen molar-refractivity contribution in [3.05, 3.63) is 0 Å². The number of aliphatic hydroxyl groups excluding tert-OH is 1. The predicted octanol–water partition coefficient (Wildman–Crippen LogP) is 0.554. The largest absolute Gasteiger partial charge is 0.481 e. The van der Waals surface area contributed by atoms with Crippen molar-refractivity contribution in [2.75, 3.05) is 0 Å². The topological polar surface area (TPSA) is 83.8 Å². The van der Waals surface area contributed by atoms with Crippen LogP contribution in [0.2, 0.25) is 0 Å². The number of carboxylic acid groups (broad SMARTS) is 1. The van der Waals surface area contributed by atoms with Crippen LogP contribution in [-0.2, 0) is 14.3 Å². The van der Waals surface area contributed by atoms with Crippen LogP contribution < -0.4 is 0 Å². The van der Waals surface area contributed by atoms with E-state index in [9.17, 15) is 14.7 Å². The highest BCUT2D eigenvalue weighted by molar-refractivity contribution is 5.76. The van der Waals surface area contributed by atoms with Gasteiger partial charge in [-0.05, 0) is 27.2 Å². The van der Waals surface area contributed by atoms with Crippen LogP contribution in [0, 0.1) is 0 Å². The van der Waals surface area contributed by atoms with Gasteiger partial charge in [-0.1, -0.05) is 0 Å². The lowest BCUT2D eigenvalue weighted by Crippen LogP contribution is -2.32. The van der Waals surface area contributed by atoms with Crippen molar-refractivity contribution in [2.45, 2.75) is 45.3 Å². The fraction of sp³-hybridized carbons (Fsp3) is 0.778. The third-order valence-corrected chi connectivity index (χ3v) is 1.31. The Hall–Kier alpha value is -1.10. The first kappa shape index (κ1) is 12.9. The number of carbonyl (C=O) groups excluding carboxylic acids is 1. The SMILES string of the molecule is CC(C)(C)OC(=O)[C@@H](O)CCC(=O)O. The summed E-state index contributed by atoms with van der Waals surface area (Å²) in [6, 6.07) is 0. The number of carbonyl (C=O) groups is 2. The van der Waals surface area contributed by atoms with E-state index >= 15 is 0 Å². The van der Waals surface area contributed by atoms with Crippen molar-refractivity contribution in [3.8, 4) is 0 Å². The zero-order chi connectivity index (χ0) is 11.4. The lowest BCUT2D eigenvalue weighted by atomic mass is 10.1. The van der Waals surface area contributed by atoms with Crippen LogP contribution in [0.25, 0.3) is 0 Å². The van der Waals surface area contributed by atoms with Crippen LogP contribution in [-0.4, -0.2) is 33.9 Å². The maximum Gasteiger partial charge on any atom is 0.335 e. The number of hydrogen-bond donors (Lipinski definition) is 2. The fourth-order valence-corrected chi connectivity index (χ4v) is 0.748. The fourth-order valence-electron chi connectivity index (χ4n) is 0.748. The Balaban J connectivity index is 3.94. The van der Waals surface area contributed by atoms with E-state index in [1.165, 1.54) is 0 Å². The Morgan fingerprint density at radius 2 is 1.86 bits per heavy atom. The zero-order valence-electron chi connectivity index (χ0n) is 8.61. The molecule has 0 radical (unpaired) electrons. The molecule has 1 atom stereocenters. The minimum atomic E-state index is -1.36. The minimum Gasteiger partial charge on any atom is -0.481 e. The van der Waals surface area contributed by atoms with Crippen LogP contribution in [0.3, 0.4) is 0 Å². The molecule has 0 heterocycles. The Labute approximate surface area is 82.7 Å². The lowest BCUT2D eigenvalue weighted by molar-refractivity contribution is -0.165. The Bertz CT molecular complexity index is 216. The maximum atomic E-state index is 11.1. The molecule has 0 saturated heterocycles. The van der Waals surface area contributed by atoms with E-state index in [-0.39, 0.29) is 12.8 Å². The van der Waals surface area contributed by atoms with Crippen molar-refractivity contribution < 1.29 is 24.5 Å². The number of carboxylic acids is 1. The highest BCUT2D eigenvalue weighted by Gasteiger charge is 2.23. The van der Waals surface area contributed by atoms with E-state index < -0.39 is 23.6 Å². The second-order valence-corrected chi connectivity index (χ2v) is 3.98. The molecular weight excluding hydrogens is 188 g/mol. The van der Waals surface area contributed by atoms with Gasteiger partial charge in [-0.3, -0.25) is 4.79 Å². The van der Waals surface area contributed by atoms with E-state index in [0.29, 0.717) is 0 Å². The third-order valence-electron chi connectivity index (χ3n) is 1.31. The second kappa shape index (κ2) is 4.95. The summed E-state index contributed by atoms with van der Waals surface area (Å²) < 4.78 is 4.85. The van der Waals surface area contributed by atoms with Gasteiger partial charge in [-0.25, -0.2) is 4.79 Å². The van der Waals surface area contributed by atoms with Crippen molar-refractivity contribution >= 4 is 11.9 Å². The summed E-state index contributed by atoms with van der Waals surface area (Å²) >= 11 is 0. The number of aliphatic hydroxyl groups is 1. The molecular formula is C9H16O5. The molecule has 5 heteroatoms. The Morgan fingerprint density at radius 1 is 1.36 bits per heavy atom. The van der Waals surface area contributed by atoms with Gasteiger partial charge in [0.1, 0.15) is 5.60 Å². The molecule has 82 valence electrons. The third kappa shape index (κ3) is 6.42. The summed E-state index contributed by atoms with van der Waals surface area (Å²) in [5.41, 5.74) is -0.665. The van der Waals surface area contributed by atoms with Gasteiger partial charge < -0.3 is 14.9 Å². The van der Waals surface area contributed by atoms with E-state index in [2.05, 4.69) is 0 Å². The molecule has 0 unspecified atom stereocenters. The second-order valence-electron chi connectivity index (χ2n) is 3.98. The molecule has 5 nitrogen and oxygen atoms in total. The smallest absolute Gasteiger partial charge is 0.335 e. The van der Waals surface area contributed by atoms with Gasteiger partial charge in [0.2, 0.25) is 0 Å². The van der Waals surface area contributed by atoms with Gasteiger partial charge in [-0.15, -0.1) is 0 Å². The van der Waals surface area contributed by atoms with Gasteiger partial charge in [-0.2, -0.15) is 0 Å². The molecule has 0 amide bonds. The molecule has 0 bridgehead atoms. The van der Waals surface area contributed by atoms with Crippen LogP contribution in [0.15, 0.2) is 0 Å². The monoisotopic (exact) mass is 204 g/mol. The van der Waals surface area contributed by atoms with Crippen LogP contribution in [0.4, 0.5) is 0 Å². The van der Waals surface area contributed by atoms with Crippen molar-refractivity contribution in [3.63, 3.8) is 0 Å². The average Bonchev–Trinajstić information content (AvgIpc) is 1.96. The standard InChI is InChI=1S/C9H16O5/c1-9(2,3)14-8(13)6(10)4-5-7(11)12/h6,10H,4-5H2,1-3H3,(H,11,12)/t6-/m0/s1. The van der Waals surface area contributed by atoms with Crippen molar-refractivity contribution in [1.82, 2.24) is 0 Å². The molecule has 14 heavy (non-hydrogen) atoms. The average molecular weight is 204 g/mol. The summed E-state index contributed by atoms with van der Waals surface area (Å²) in [5.74, 6) is -1.83. The van der Waals surface area contributed by atoms with Crippen LogP contribution in [0.5, 0.6) is 0 Å². The molecule has 0 fully saturated rings. The van der Waals surface area contributed by atoms with Crippen LogP contribution in [0.1, 0.15) is 33.6 Å². The minimum absolute atomic E-state index is 0.121. The predicted molar refractivity (Wildman–Crippen MR) is 48.7 cm³/mol. The van der Waals surface area contributed by atoms with Crippen molar-refractivity contribution in [1.29, 1.82) is 0 Å². The lowest BCUT2D eigenvalue weighted by Gasteiger charge is -2.21. The quantitative estimate of drug-likeness (QED) is 0.653. The van der Waals surface area contributed by atoms with Gasteiger partial charge in [0.15, 0.2) is 6.10 Å². The molecule has 0 spiro atoms. The number of rotatable bonds is 4. The highest BCUT2D eigenvalue weighted by atomic mass is 16.6. The molecule has 0 aromatic carbocycles. The number of aliphatic carboxylic acids is 1. The number of hydrogen-bond acceptors (Lipinski definition) is 4. The molecule has 2 N–H and O–H groups in total. The molecule has 0 aliphatic rings. The van der Waals surface area contributed by atoms with E-state index in [0.717, 1.165) is 0 Å². The van der Waals surface area contributed by atoms with E-state index in [1.54, 1.807) is 20.8 Å². The first-order valence-corrected chi connectivity index (χ1v) is 4.35. The number of ether oxygens (including phenoxy) is 1. The molecule has 0 aromatic heterocycles. The van der Waals surface area contributed by atoms with Crippen molar-refractivity contribution in [2.24, 2.45) is 0 Å². The normalized spacial score (nSPS) is 13.4. The number of esters is 1. The Morgan fingerprint density at radius 3 is 2.21 bits per heavy atom. The summed E-state index contributed by atoms with van der Waals surface area (Å²) in [4.78, 5) is 21.3. The molecule has 0 rings (SSSR count). The summed E-state index contributed by atoms with van der Waals surface area (Å²) in [6.45, 7) is 5.03. The molecule has 0 aromatic rings. The first-order valence-electron chi connectivity index (χ1n) is 4.35. The van der Waals surface area contributed by atoms with Crippen LogP contribution >= 0.6 is 0 Å². The first-order chi connectivity index (χ1) is 6.22. The summed E-state index contributed by atoms with van der Waals surface area (Å²) in [5, 5.41) is 17.5. The van der Waals surface area contributed by atoms with Gasteiger partial charge in [0.05, 0.1) is 0 Å². The summed E-state index contributed by atoms with van der Waals surface area (Å²) in [7, 11) is 0. The zero-order valence-corrected chi connectivity index (χ0v) is 8.61. The van der Waals surface area contributed by atoms with Gasteiger partial charge >= 0.3 is 11.9 Å². The highest BCUT2D eigenvalue weighted by Crippen LogP contribution is 2.10. The van der Waals surface area contributed by atoms with E-state index in [1.807, 2.05) is 0 Å². The summed E-state index contributed by atoms with van der Waals surface area (Å²) in [6.07, 6.45) is -1.73. The molecule has 0 aliphatic heterocycles.